The molecule has 5 heteroatoms. The highest BCUT2D eigenvalue weighted by Gasteiger charge is 2.33. The summed E-state index contributed by atoms with van der Waals surface area (Å²) in [5.74, 6) is 0. The van der Waals surface area contributed by atoms with Crippen molar-refractivity contribution < 1.29 is 5.11 Å². The Kier molecular flexibility index (Phi) is 6.30. The zero-order chi connectivity index (χ0) is 14.5. The number of rotatable bonds is 6. The summed E-state index contributed by atoms with van der Waals surface area (Å²) in [5.41, 5.74) is 6.41. The number of nitrogens with zero attached hydrogens (tertiary/aromatic N) is 1. The molecule has 2 heterocycles. The number of thiophene rings is 1. The molecule has 3 N–H and O–H groups in total. The Hall–Kier alpha value is -0.130. The topological polar surface area (TPSA) is 49.5 Å². The summed E-state index contributed by atoms with van der Waals surface area (Å²) >= 11 is 7.74. The van der Waals surface area contributed by atoms with Crippen LogP contribution in [-0.2, 0) is 0 Å². The van der Waals surface area contributed by atoms with E-state index in [1.54, 1.807) is 11.3 Å². The Balaban J connectivity index is 2.24. The van der Waals surface area contributed by atoms with Gasteiger partial charge in [-0.05, 0) is 44.4 Å². The van der Waals surface area contributed by atoms with E-state index >= 15 is 0 Å². The predicted molar refractivity (Wildman–Crippen MR) is 86.4 cm³/mol. The molecule has 1 aromatic rings. The number of aliphatic hydroxyl groups excluding tert-OH is 1. The lowest BCUT2D eigenvalue weighted by molar-refractivity contribution is 0.0635. The molecule has 1 saturated heterocycles. The van der Waals surface area contributed by atoms with Crippen LogP contribution >= 0.6 is 22.9 Å². The number of likely N-dealkylation sites (tertiary alicyclic amines) is 1. The van der Waals surface area contributed by atoms with Gasteiger partial charge in [-0.3, -0.25) is 4.90 Å². The average molecular weight is 317 g/mol. The normalized spacial score (nSPS) is 23.7. The minimum absolute atomic E-state index is 0.115. The highest BCUT2D eigenvalue weighted by atomic mass is 35.5. The standard InChI is InChI=1S/C15H25ClN2OS/c1-2-12(17)15(13-6-7-14(16)20-13)18-9-4-3-5-11(18)8-10-19/h6-7,11-12,15,19H,2-5,8-10,17H2,1H3. The lowest BCUT2D eigenvalue weighted by atomic mass is 9.93. The molecule has 0 aromatic carbocycles. The molecule has 0 aliphatic carbocycles. The zero-order valence-electron chi connectivity index (χ0n) is 12.1. The Morgan fingerprint density at radius 2 is 2.30 bits per heavy atom. The Labute approximate surface area is 130 Å². The van der Waals surface area contributed by atoms with Crippen molar-refractivity contribution in [2.45, 2.75) is 57.2 Å². The average Bonchev–Trinajstić information content (AvgIpc) is 2.87. The van der Waals surface area contributed by atoms with Crippen molar-refractivity contribution in [1.82, 2.24) is 4.90 Å². The predicted octanol–water partition coefficient (Wildman–Crippen LogP) is 3.42. The van der Waals surface area contributed by atoms with E-state index in [1.165, 1.54) is 17.7 Å². The summed E-state index contributed by atoms with van der Waals surface area (Å²) in [5, 5.41) is 9.31. The van der Waals surface area contributed by atoms with Crippen molar-refractivity contribution in [2.75, 3.05) is 13.2 Å². The number of piperidine rings is 1. The van der Waals surface area contributed by atoms with Gasteiger partial charge in [0.25, 0.3) is 0 Å². The van der Waals surface area contributed by atoms with Crippen LogP contribution < -0.4 is 5.73 Å². The fourth-order valence-corrected chi connectivity index (χ4v) is 4.44. The van der Waals surface area contributed by atoms with Gasteiger partial charge in [0.15, 0.2) is 0 Å². The van der Waals surface area contributed by atoms with Crippen molar-refractivity contribution >= 4 is 22.9 Å². The number of nitrogens with two attached hydrogens (primary N) is 1. The molecule has 20 heavy (non-hydrogen) atoms. The third-order valence-corrected chi connectivity index (χ3v) is 5.56. The highest BCUT2D eigenvalue weighted by Crippen LogP contribution is 2.37. The third kappa shape index (κ3) is 3.74. The second-order valence-electron chi connectivity index (χ2n) is 5.56. The van der Waals surface area contributed by atoms with Gasteiger partial charge in [-0.2, -0.15) is 0 Å². The van der Waals surface area contributed by atoms with E-state index in [1.807, 2.05) is 6.07 Å². The second kappa shape index (κ2) is 7.76. The van der Waals surface area contributed by atoms with Crippen LogP contribution in [0.15, 0.2) is 12.1 Å². The summed E-state index contributed by atoms with van der Waals surface area (Å²) in [6.45, 7) is 3.46. The van der Waals surface area contributed by atoms with Gasteiger partial charge in [0.2, 0.25) is 0 Å². The smallest absolute Gasteiger partial charge is 0.0931 e. The minimum Gasteiger partial charge on any atom is -0.396 e. The van der Waals surface area contributed by atoms with Crippen molar-refractivity contribution in [2.24, 2.45) is 5.73 Å². The monoisotopic (exact) mass is 316 g/mol. The maximum atomic E-state index is 9.31. The fourth-order valence-electron chi connectivity index (χ4n) is 3.18. The first-order valence-electron chi connectivity index (χ1n) is 7.54. The fraction of sp³-hybridized carbons (Fsp3) is 0.733. The molecule has 2 rings (SSSR count). The van der Waals surface area contributed by atoms with Crippen molar-refractivity contribution in [3.63, 3.8) is 0 Å². The molecule has 1 aliphatic heterocycles. The summed E-state index contributed by atoms with van der Waals surface area (Å²) in [7, 11) is 0. The molecule has 0 amide bonds. The molecule has 3 atom stereocenters. The summed E-state index contributed by atoms with van der Waals surface area (Å²) in [4.78, 5) is 3.77. The highest BCUT2D eigenvalue weighted by molar-refractivity contribution is 7.16. The van der Waals surface area contributed by atoms with E-state index in [-0.39, 0.29) is 18.7 Å². The summed E-state index contributed by atoms with van der Waals surface area (Å²) in [6, 6.07) is 4.86. The Bertz CT molecular complexity index is 410. The Morgan fingerprint density at radius 1 is 1.50 bits per heavy atom. The van der Waals surface area contributed by atoms with E-state index in [0.717, 1.165) is 30.1 Å². The molecule has 0 bridgehead atoms. The van der Waals surface area contributed by atoms with Gasteiger partial charge in [0, 0.05) is 23.6 Å². The van der Waals surface area contributed by atoms with E-state index in [4.69, 9.17) is 17.3 Å². The van der Waals surface area contributed by atoms with E-state index in [2.05, 4.69) is 17.9 Å². The first-order chi connectivity index (χ1) is 9.67. The number of hydrogen-bond donors (Lipinski definition) is 2. The largest absolute Gasteiger partial charge is 0.396 e. The van der Waals surface area contributed by atoms with Gasteiger partial charge in [0.1, 0.15) is 0 Å². The molecule has 1 aromatic heterocycles. The molecule has 3 unspecified atom stereocenters. The summed E-state index contributed by atoms with van der Waals surface area (Å²) in [6.07, 6.45) is 5.41. The van der Waals surface area contributed by atoms with E-state index in [0.29, 0.717) is 6.04 Å². The number of hydrogen-bond acceptors (Lipinski definition) is 4. The van der Waals surface area contributed by atoms with Crippen molar-refractivity contribution in [1.29, 1.82) is 0 Å². The second-order valence-corrected chi connectivity index (χ2v) is 7.31. The molecule has 0 radical (unpaired) electrons. The molecule has 0 saturated carbocycles. The first kappa shape index (κ1) is 16.2. The maximum absolute atomic E-state index is 9.31. The van der Waals surface area contributed by atoms with Gasteiger partial charge < -0.3 is 10.8 Å². The van der Waals surface area contributed by atoms with Crippen LogP contribution in [0.25, 0.3) is 0 Å². The van der Waals surface area contributed by atoms with Gasteiger partial charge in [-0.1, -0.05) is 24.9 Å². The molecule has 1 fully saturated rings. The van der Waals surface area contributed by atoms with Crippen LogP contribution in [0.3, 0.4) is 0 Å². The number of aliphatic hydroxyl groups is 1. The quantitative estimate of drug-likeness (QED) is 0.845. The first-order valence-corrected chi connectivity index (χ1v) is 8.74. The van der Waals surface area contributed by atoms with Gasteiger partial charge in [0.05, 0.1) is 10.4 Å². The zero-order valence-corrected chi connectivity index (χ0v) is 13.7. The Morgan fingerprint density at radius 3 is 2.90 bits per heavy atom. The molecular weight excluding hydrogens is 292 g/mol. The maximum Gasteiger partial charge on any atom is 0.0931 e. The lowest BCUT2D eigenvalue weighted by Gasteiger charge is -2.43. The minimum atomic E-state index is 0.115. The van der Waals surface area contributed by atoms with Crippen LogP contribution in [0.5, 0.6) is 0 Å². The van der Waals surface area contributed by atoms with Crippen LogP contribution in [0.2, 0.25) is 4.34 Å². The molecule has 0 spiro atoms. The SMILES string of the molecule is CCC(N)C(c1ccc(Cl)s1)N1CCCCC1CCO. The van der Waals surface area contributed by atoms with Crippen LogP contribution in [0.1, 0.15) is 49.9 Å². The van der Waals surface area contributed by atoms with Crippen LogP contribution in [-0.4, -0.2) is 35.2 Å². The van der Waals surface area contributed by atoms with E-state index in [9.17, 15) is 5.11 Å². The molecule has 3 nitrogen and oxygen atoms in total. The van der Waals surface area contributed by atoms with Gasteiger partial charge >= 0.3 is 0 Å². The van der Waals surface area contributed by atoms with Gasteiger partial charge in [-0.25, -0.2) is 0 Å². The summed E-state index contributed by atoms with van der Waals surface area (Å²) < 4.78 is 0.823. The van der Waals surface area contributed by atoms with Crippen molar-refractivity contribution in [3.8, 4) is 0 Å². The van der Waals surface area contributed by atoms with Crippen LogP contribution in [0, 0.1) is 0 Å². The molecular formula is C15H25ClN2OS. The van der Waals surface area contributed by atoms with Crippen molar-refractivity contribution in [3.05, 3.63) is 21.3 Å². The molecule has 1 aliphatic rings. The molecule has 114 valence electrons. The van der Waals surface area contributed by atoms with Crippen LogP contribution in [0.4, 0.5) is 0 Å². The van der Waals surface area contributed by atoms with E-state index < -0.39 is 0 Å². The van der Waals surface area contributed by atoms with Gasteiger partial charge in [-0.15, -0.1) is 11.3 Å². The third-order valence-electron chi connectivity index (χ3n) is 4.25. The number of halogens is 1. The lowest BCUT2D eigenvalue weighted by Crippen LogP contribution is -2.48.